The summed E-state index contributed by atoms with van der Waals surface area (Å²) in [5.41, 5.74) is 2.68. The molecule has 0 N–H and O–H groups in total. The van der Waals surface area contributed by atoms with Crippen LogP contribution in [0, 0.1) is 6.92 Å². The van der Waals surface area contributed by atoms with Crippen molar-refractivity contribution in [2.75, 3.05) is 0 Å². The minimum absolute atomic E-state index is 0.0160. The molecule has 1 aromatic carbocycles. The molecule has 19 heavy (non-hydrogen) atoms. The quantitative estimate of drug-likeness (QED) is 0.722. The summed E-state index contributed by atoms with van der Waals surface area (Å²) < 4.78 is 8.68. The molecule has 0 atom stereocenters. The Morgan fingerprint density at radius 1 is 1.21 bits per heavy atom. The standard InChI is InChI=1S/C14H15N3O2/c1-3-16-12-6-4-5-7-13(12)17(14(16)18)9-11-8-10(2)15-19-11/h4-8H,3,9H2,1-2H3. The number of rotatable bonds is 3. The van der Waals surface area contributed by atoms with Gasteiger partial charge in [0.25, 0.3) is 0 Å². The van der Waals surface area contributed by atoms with E-state index < -0.39 is 0 Å². The number of hydrogen-bond donors (Lipinski definition) is 0. The third-order valence-electron chi connectivity index (χ3n) is 3.23. The van der Waals surface area contributed by atoms with Crippen LogP contribution in [0.4, 0.5) is 0 Å². The van der Waals surface area contributed by atoms with Crippen molar-refractivity contribution in [3.63, 3.8) is 0 Å². The van der Waals surface area contributed by atoms with Crippen molar-refractivity contribution in [1.29, 1.82) is 0 Å². The Kier molecular flexibility index (Phi) is 2.74. The molecular weight excluding hydrogens is 242 g/mol. The molecule has 3 rings (SSSR count). The second-order valence-electron chi connectivity index (χ2n) is 4.54. The van der Waals surface area contributed by atoms with E-state index >= 15 is 0 Å². The molecule has 2 aromatic heterocycles. The Balaban J connectivity index is 2.18. The van der Waals surface area contributed by atoms with Gasteiger partial charge in [-0.2, -0.15) is 0 Å². The highest BCUT2D eigenvalue weighted by Crippen LogP contribution is 2.14. The van der Waals surface area contributed by atoms with Gasteiger partial charge in [-0.3, -0.25) is 9.13 Å². The van der Waals surface area contributed by atoms with Crippen molar-refractivity contribution in [2.45, 2.75) is 26.9 Å². The molecule has 2 heterocycles. The summed E-state index contributed by atoms with van der Waals surface area (Å²) in [5, 5.41) is 3.85. The number of hydrogen-bond acceptors (Lipinski definition) is 3. The lowest BCUT2D eigenvalue weighted by Crippen LogP contribution is -2.24. The minimum Gasteiger partial charge on any atom is -0.359 e. The molecule has 0 amide bonds. The first-order valence-corrected chi connectivity index (χ1v) is 6.31. The van der Waals surface area contributed by atoms with Gasteiger partial charge in [0.05, 0.1) is 23.3 Å². The van der Waals surface area contributed by atoms with Gasteiger partial charge in [0.2, 0.25) is 0 Å². The maximum Gasteiger partial charge on any atom is 0.329 e. The van der Waals surface area contributed by atoms with E-state index in [2.05, 4.69) is 5.16 Å². The molecule has 0 aliphatic heterocycles. The molecule has 0 aliphatic carbocycles. The first kappa shape index (κ1) is 11.8. The maximum absolute atomic E-state index is 12.4. The zero-order valence-corrected chi connectivity index (χ0v) is 11.0. The second-order valence-corrected chi connectivity index (χ2v) is 4.54. The molecule has 5 heteroatoms. The fraction of sp³-hybridized carbons (Fsp3) is 0.286. The normalized spacial score (nSPS) is 11.3. The summed E-state index contributed by atoms with van der Waals surface area (Å²) in [6.45, 7) is 4.90. The Morgan fingerprint density at radius 2 is 1.89 bits per heavy atom. The average molecular weight is 257 g/mol. The lowest BCUT2D eigenvalue weighted by molar-refractivity contribution is 0.372. The van der Waals surface area contributed by atoms with Crippen molar-refractivity contribution in [2.24, 2.45) is 0 Å². The summed E-state index contributed by atoms with van der Waals surface area (Å²) in [4.78, 5) is 12.4. The number of imidazole rings is 1. The van der Waals surface area contributed by atoms with Crippen LogP contribution in [0.1, 0.15) is 18.4 Å². The van der Waals surface area contributed by atoms with E-state index in [4.69, 9.17) is 4.52 Å². The van der Waals surface area contributed by atoms with E-state index in [9.17, 15) is 4.79 Å². The highest BCUT2D eigenvalue weighted by atomic mass is 16.5. The molecule has 0 fully saturated rings. The first-order chi connectivity index (χ1) is 9.20. The van der Waals surface area contributed by atoms with E-state index in [-0.39, 0.29) is 5.69 Å². The van der Waals surface area contributed by atoms with Crippen LogP contribution < -0.4 is 5.69 Å². The largest absolute Gasteiger partial charge is 0.359 e. The van der Waals surface area contributed by atoms with Gasteiger partial charge in [-0.15, -0.1) is 0 Å². The van der Waals surface area contributed by atoms with Gasteiger partial charge in [0, 0.05) is 12.6 Å². The number of fused-ring (bicyclic) bond motifs is 1. The van der Waals surface area contributed by atoms with Gasteiger partial charge in [0.1, 0.15) is 0 Å². The van der Waals surface area contributed by atoms with Gasteiger partial charge in [-0.25, -0.2) is 4.79 Å². The molecule has 0 saturated heterocycles. The number of aromatic nitrogens is 3. The molecule has 5 nitrogen and oxygen atoms in total. The molecule has 0 saturated carbocycles. The van der Waals surface area contributed by atoms with Crippen LogP contribution in [0.3, 0.4) is 0 Å². The van der Waals surface area contributed by atoms with Crippen LogP contribution >= 0.6 is 0 Å². The second kappa shape index (κ2) is 4.42. The van der Waals surface area contributed by atoms with E-state index in [1.54, 1.807) is 9.13 Å². The van der Waals surface area contributed by atoms with Crippen LogP contribution in [0.15, 0.2) is 39.6 Å². The predicted molar refractivity (Wildman–Crippen MR) is 72.2 cm³/mol. The molecule has 3 aromatic rings. The van der Waals surface area contributed by atoms with Gasteiger partial charge in [0.15, 0.2) is 5.76 Å². The van der Waals surface area contributed by atoms with E-state index in [1.165, 1.54) is 0 Å². The first-order valence-electron chi connectivity index (χ1n) is 6.31. The van der Waals surface area contributed by atoms with E-state index in [0.717, 1.165) is 16.7 Å². The van der Waals surface area contributed by atoms with Crippen LogP contribution in [-0.2, 0) is 13.1 Å². The molecule has 0 spiro atoms. The monoisotopic (exact) mass is 257 g/mol. The third kappa shape index (κ3) is 1.87. The smallest absolute Gasteiger partial charge is 0.329 e. The summed E-state index contributed by atoms with van der Waals surface area (Å²) in [5.74, 6) is 0.693. The molecule has 0 radical (unpaired) electrons. The average Bonchev–Trinajstić information content (AvgIpc) is 2.93. The Morgan fingerprint density at radius 3 is 2.47 bits per heavy atom. The lowest BCUT2D eigenvalue weighted by Gasteiger charge is -1.98. The maximum atomic E-state index is 12.4. The zero-order chi connectivity index (χ0) is 13.4. The van der Waals surface area contributed by atoms with Crippen LogP contribution in [-0.4, -0.2) is 14.3 Å². The SMILES string of the molecule is CCn1c(=O)n(Cc2cc(C)no2)c2ccccc21. The van der Waals surface area contributed by atoms with Gasteiger partial charge in [-0.1, -0.05) is 17.3 Å². The highest BCUT2D eigenvalue weighted by Gasteiger charge is 2.13. The van der Waals surface area contributed by atoms with Gasteiger partial charge in [-0.05, 0) is 26.0 Å². The van der Waals surface area contributed by atoms with Crippen molar-refractivity contribution in [1.82, 2.24) is 14.3 Å². The fourth-order valence-electron chi connectivity index (χ4n) is 2.38. The van der Waals surface area contributed by atoms with Crippen molar-refractivity contribution in [3.8, 4) is 0 Å². The minimum atomic E-state index is -0.0160. The summed E-state index contributed by atoms with van der Waals surface area (Å²) in [7, 11) is 0. The number of benzene rings is 1. The van der Waals surface area contributed by atoms with Crippen LogP contribution in [0.25, 0.3) is 11.0 Å². The van der Waals surface area contributed by atoms with Crippen molar-refractivity contribution in [3.05, 3.63) is 52.3 Å². The predicted octanol–water partition coefficient (Wildman–Crippen LogP) is 2.17. The number of aryl methyl sites for hydroxylation is 2. The zero-order valence-electron chi connectivity index (χ0n) is 11.0. The molecule has 0 aliphatic rings. The molecule has 0 bridgehead atoms. The summed E-state index contributed by atoms with van der Waals surface area (Å²) in [6.07, 6.45) is 0. The molecule has 98 valence electrons. The Bertz CT molecular complexity index is 779. The molecule has 0 unspecified atom stereocenters. The topological polar surface area (TPSA) is 53.0 Å². The van der Waals surface area contributed by atoms with Crippen LogP contribution in [0.2, 0.25) is 0 Å². The van der Waals surface area contributed by atoms with E-state index in [1.807, 2.05) is 44.2 Å². The van der Waals surface area contributed by atoms with E-state index in [0.29, 0.717) is 18.8 Å². The highest BCUT2D eigenvalue weighted by molar-refractivity contribution is 5.76. The van der Waals surface area contributed by atoms with Gasteiger partial charge >= 0.3 is 5.69 Å². The number of nitrogens with zero attached hydrogens (tertiary/aromatic N) is 3. The summed E-state index contributed by atoms with van der Waals surface area (Å²) in [6, 6.07) is 9.64. The summed E-state index contributed by atoms with van der Waals surface area (Å²) >= 11 is 0. The lowest BCUT2D eigenvalue weighted by atomic mass is 10.3. The Labute approximate surface area is 110 Å². The third-order valence-corrected chi connectivity index (χ3v) is 3.23. The fourth-order valence-corrected chi connectivity index (χ4v) is 2.38. The van der Waals surface area contributed by atoms with Crippen molar-refractivity contribution < 1.29 is 4.52 Å². The number of para-hydroxylation sites is 2. The molecular formula is C14H15N3O2. The Hall–Kier alpha value is -2.30. The van der Waals surface area contributed by atoms with Gasteiger partial charge < -0.3 is 4.52 Å². The van der Waals surface area contributed by atoms with Crippen molar-refractivity contribution >= 4 is 11.0 Å². The van der Waals surface area contributed by atoms with Crippen LogP contribution in [0.5, 0.6) is 0 Å².